The molecule has 10 nitrogen and oxygen atoms in total. The average Bonchev–Trinajstić information content (AvgIpc) is 3.50. The number of benzene rings is 1. The molecule has 31 heavy (non-hydrogen) atoms. The maximum atomic E-state index is 13.1. The lowest BCUT2D eigenvalue weighted by Gasteiger charge is -2.22. The molecule has 158 valence electrons. The third-order valence-corrected chi connectivity index (χ3v) is 5.98. The van der Waals surface area contributed by atoms with E-state index < -0.39 is 0 Å². The largest absolute Gasteiger partial charge is 0.373 e. The molecule has 10 heteroatoms. The molecule has 1 amide bonds. The lowest BCUT2D eigenvalue weighted by molar-refractivity contribution is 0.0273. The lowest BCUT2D eigenvalue weighted by Crippen LogP contribution is -2.41. The molecule has 4 bridgehead atoms. The van der Waals surface area contributed by atoms with Gasteiger partial charge in [0.1, 0.15) is 17.2 Å². The highest BCUT2D eigenvalue weighted by atomic mass is 16.5. The molecule has 1 aromatic carbocycles. The molecule has 4 heterocycles. The Kier molecular flexibility index (Phi) is 4.06. The van der Waals surface area contributed by atoms with Gasteiger partial charge in [-0.25, -0.2) is 4.98 Å². The number of carbonyl (C=O) groups is 1. The van der Waals surface area contributed by atoms with E-state index in [4.69, 9.17) is 9.26 Å². The van der Waals surface area contributed by atoms with E-state index in [2.05, 4.69) is 31.2 Å². The van der Waals surface area contributed by atoms with Crippen molar-refractivity contribution in [3.8, 4) is 0 Å². The molecule has 6 rings (SSSR count). The summed E-state index contributed by atoms with van der Waals surface area (Å²) in [5, 5.41) is 18.8. The number of ether oxygens (including phenoxy) is 1. The summed E-state index contributed by atoms with van der Waals surface area (Å²) in [6.07, 6.45) is 6.00. The quantitative estimate of drug-likeness (QED) is 0.431. The zero-order valence-electron chi connectivity index (χ0n) is 16.9. The maximum Gasteiger partial charge on any atom is 0.257 e. The van der Waals surface area contributed by atoms with Crippen LogP contribution in [0.3, 0.4) is 0 Å². The van der Waals surface area contributed by atoms with Crippen LogP contribution in [0.5, 0.6) is 0 Å². The summed E-state index contributed by atoms with van der Waals surface area (Å²) < 4.78 is 13.3. The van der Waals surface area contributed by atoms with Crippen LogP contribution in [0.15, 0.2) is 35.1 Å². The van der Waals surface area contributed by atoms with Crippen LogP contribution in [-0.4, -0.2) is 44.9 Å². The monoisotopic (exact) mass is 419 g/mol. The van der Waals surface area contributed by atoms with Crippen molar-refractivity contribution < 1.29 is 14.1 Å². The van der Waals surface area contributed by atoms with E-state index in [1.165, 1.54) is 0 Å². The Hall–Kier alpha value is -3.66. The molecular formula is C21H21N7O3. The van der Waals surface area contributed by atoms with Gasteiger partial charge in [0.15, 0.2) is 11.2 Å². The zero-order chi connectivity index (χ0) is 20.9. The zero-order valence-corrected chi connectivity index (χ0v) is 16.9. The normalized spacial score (nSPS) is 21.0. The van der Waals surface area contributed by atoms with Crippen molar-refractivity contribution in [3.05, 3.63) is 41.7 Å². The number of amides is 1. The van der Waals surface area contributed by atoms with Gasteiger partial charge in [0, 0.05) is 18.5 Å². The SMILES string of the molecule is CNc1cc2nc3c(cnn13)C(=O)N[C@@H]1CCC[C@@H]1OCc1cc(c3oncc3c1)N2. The highest BCUT2D eigenvalue weighted by molar-refractivity contribution is 6.00. The van der Waals surface area contributed by atoms with E-state index in [1.807, 2.05) is 18.2 Å². The number of anilines is 3. The van der Waals surface area contributed by atoms with E-state index in [-0.39, 0.29) is 18.1 Å². The third-order valence-electron chi connectivity index (χ3n) is 5.98. The third kappa shape index (κ3) is 2.98. The van der Waals surface area contributed by atoms with Crippen molar-refractivity contribution in [2.75, 3.05) is 17.7 Å². The van der Waals surface area contributed by atoms with Crippen LogP contribution in [0.1, 0.15) is 35.2 Å². The summed E-state index contributed by atoms with van der Waals surface area (Å²) in [6.45, 7) is 0.431. The molecule has 3 aromatic heterocycles. The fourth-order valence-corrected chi connectivity index (χ4v) is 4.47. The van der Waals surface area contributed by atoms with E-state index in [1.54, 1.807) is 24.0 Å². The van der Waals surface area contributed by atoms with Crippen molar-refractivity contribution in [1.82, 2.24) is 25.1 Å². The minimum absolute atomic E-state index is 0.0419. The molecule has 0 spiro atoms. The highest BCUT2D eigenvalue weighted by Crippen LogP contribution is 2.31. The second kappa shape index (κ2) is 6.95. The molecule has 1 saturated carbocycles. The summed E-state index contributed by atoms with van der Waals surface area (Å²) in [6, 6.07) is 5.78. The molecule has 1 aliphatic heterocycles. The summed E-state index contributed by atoms with van der Waals surface area (Å²) in [5.74, 6) is 1.05. The number of aromatic nitrogens is 4. The van der Waals surface area contributed by atoms with Crippen molar-refractivity contribution >= 4 is 39.8 Å². The maximum absolute atomic E-state index is 13.1. The second-order valence-corrected chi connectivity index (χ2v) is 7.94. The van der Waals surface area contributed by atoms with Gasteiger partial charge in [0.2, 0.25) is 0 Å². The van der Waals surface area contributed by atoms with Crippen molar-refractivity contribution in [2.45, 2.75) is 38.0 Å². The molecule has 3 N–H and O–H groups in total. The summed E-state index contributed by atoms with van der Waals surface area (Å²) >= 11 is 0. The van der Waals surface area contributed by atoms with Gasteiger partial charge in [-0.05, 0) is 37.0 Å². The Balaban J connectivity index is 1.55. The van der Waals surface area contributed by atoms with Crippen molar-refractivity contribution in [3.63, 3.8) is 0 Å². The Labute approximate surface area is 176 Å². The Morgan fingerprint density at radius 3 is 3.06 bits per heavy atom. The Morgan fingerprint density at radius 1 is 1.23 bits per heavy atom. The van der Waals surface area contributed by atoms with Gasteiger partial charge in [-0.1, -0.05) is 5.16 Å². The molecule has 2 atom stereocenters. The van der Waals surface area contributed by atoms with Crippen LogP contribution >= 0.6 is 0 Å². The molecular weight excluding hydrogens is 398 g/mol. The predicted molar refractivity (Wildman–Crippen MR) is 114 cm³/mol. The van der Waals surface area contributed by atoms with E-state index >= 15 is 0 Å². The summed E-state index contributed by atoms with van der Waals surface area (Å²) in [5.41, 5.74) is 3.24. The molecule has 4 aromatic rings. The van der Waals surface area contributed by atoms with Gasteiger partial charge < -0.3 is 25.2 Å². The predicted octanol–water partition coefficient (Wildman–Crippen LogP) is 2.84. The number of fused-ring (bicyclic) bond motifs is 6. The minimum Gasteiger partial charge on any atom is -0.373 e. The Bertz CT molecular complexity index is 1310. The summed E-state index contributed by atoms with van der Waals surface area (Å²) in [4.78, 5) is 17.8. The number of rotatable bonds is 1. The van der Waals surface area contributed by atoms with Gasteiger partial charge in [-0.3, -0.25) is 4.79 Å². The number of hydrogen-bond acceptors (Lipinski definition) is 8. The highest BCUT2D eigenvalue weighted by Gasteiger charge is 2.31. The lowest BCUT2D eigenvalue weighted by atomic mass is 10.1. The molecule has 2 aliphatic rings. The first-order valence-corrected chi connectivity index (χ1v) is 10.3. The van der Waals surface area contributed by atoms with Crippen LogP contribution < -0.4 is 16.0 Å². The van der Waals surface area contributed by atoms with Crippen LogP contribution in [-0.2, 0) is 11.3 Å². The first-order valence-electron chi connectivity index (χ1n) is 10.3. The molecule has 1 fully saturated rings. The van der Waals surface area contributed by atoms with Crippen LogP contribution in [0.4, 0.5) is 17.3 Å². The van der Waals surface area contributed by atoms with Crippen molar-refractivity contribution in [1.29, 1.82) is 0 Å². The van der Waals surface area contributed by atoms with E-state index in [0.717, 1.165) is 35.9 Å². The topological polar surface area (TPSA) is 119 Å². The van der Waals surface area contributed by atoms with Gasteiger partial charge in [-0.15, -0.1) is 0 Å². The molecule has 0 unspecified atom stereocenters. The molecule has 0 saturated heterocycles. The van der Waals surface area contributed by atoms with E-state index in [0.29, 0.717) is 35.0 Å². The van der Waals surface area contributed by atoms with Gasteiger partial charge >= 0.3 is 0 Å². The average molecular weight is 419 g/mol. The minimum atomic E-state index is -0.199. The number of carbonyl (C=O) groups excluding carboxylic acids is 1. The number of nitrogens with one attached hydrogen (secondary N) is 3. The fraction of sp³-hybridized carbons (Fsp3) is 0.333. The summed E-state index contributed by atoms with van der Waals surface area (Å²) in [7, 11) is 1.80. The van der Waals surface area contributed by atoms with Crippen LogP contribution in [0.2, 0.25) is 0 Å². The Morgan fingerprint density at radius 2 is 2.16 bits per heavy atom. The van der Waals surface area contributed by atoms with Crippen LogP contribution in [0.25, 0.3) is 16.6 Å². The fourth-order valence-electron chi connectivity index (χ4n) is 4.47. The van der Waals surface area contributed by atoms with Crippen LogP contribution in [0, 0.1) is 0 Å². The van der Waals surface area contributed by atoms with E-state index in [9.17, 15) is 4.79 Å². The molecule has 1 aliphatic carbocycles. The second-order valence-electron chi connectivity index (χ2n) is 7.94. The number of nitrogens with zero attached hydrogens (tertiary/aromatic N) is 4. The first-order chi connectivity index (χ1) is 15.2. The van der Waals surface area contributed by atoms with Gasteiger partial charge in [0.25, 0.3) is 5.91 Å². The van der Waals surface area contributed by atoms with Gasteiger partial charge in [-0.2, -0.15) is 9.61 Å². The number of hydrogen-bond donors (Lipinski definition) is 3. The smallest absolute Gasteiger partial charge is 0.257 e. The van der Waals surface area contributed by atoms with Gasteiger partial charge in [0.05, 0.1) is 36.8 Å². The standard InChI is InChI=1S/C21H21N7O3/c1-22-18-7-17-25-15-6-11(5-12-8-24-31-19(12)15)10-30-16-4-2-3-14(16)26-21(29)13-9-23-28(18)20(13)27-17/h5-9,14,16,22H,2-4,10H2,1H3,(H,25,27)(H,26,29)/t14-,16+/m1/s1. The first kappa shape index (κ1) is 18.1. The molecule has 0 radical (unpaired) electrons. The van der Waals surface area contributed by atoms with Crippen molar-refractivity contribution in [2.24, 2.45) is 0 Å².